The first-order chi connectivity index (χ1) is 10.0. The maximum absolute atomic E-state index is 11.6. The summed E-state index contributed by atoms with van der Waals surface area (Å²) in [6.45, 7) is 6.72. The molecule has 0 aliphatic rings. The van der Waals surface area contributed by atoms with Gasteiger partial charge in [0.15, 0.2) is 0 Å². The van der Waals surface area contributed by atoms with Crippen molar-refractivity contribution in [2.75, 3.05) is 19.8 Å². The van der Waals surface area contributed by atoms with Crippen LogP contribution >= 0.6 is 0 Å². The second kappa shape index (κ2) is 9.00. The second-order valence-corrected chi connectivity index (χ2v) is 4.70. The highest BCUT2D eigenvalue weighted by molar-refractivity contribution is 5.77. The lowest BCUT2D eigenvalue weighted by molar-refractivity contribution is -0.143. The maximum Gasteiger partial charge on any atom is 0.307 e. The summed E-state index contributed by atoms with van der Waals surface area (Å²) in [4.78, 5) is 22.7. The van der Waals surface area contributed by atoms with E-state index < -0.39 is 0 Å². The first-order valence-corrected chi connectivity index (χ1v) is 7.16. The zero-order valence-electron chi connectivity index (χ0n) is 12.9. The molecular formula is C16H23NO4. The number of rotatable bonds is 8. The number of hydrogen-bond donors (Lipinski definition) is 1. The first kappa shape index (κ1) is 17.0. The Bertz CT molecular complexity index is 485. The van der Waals surface area contributed by atoms with Crippen LogP contribution in [0.4, 0.5) is 0 Å². The molecule has 0 aliphatic carbocycles. The number of esters is 1. The van der Waals surface area contributed by atoms with Crippen LogP contribution in [0.15, 0.2) is 18.2 Å². The van der Waals surface area contributed by atoms with Gasteiger partial charge in [-0.1, -0.05) is 12.1 Å². The Morgan fingerprint density at radius 2 is 1.95 bits per heavy atom. The van der Waals surface area contributed by atoms with E-state index in [9.17, 15) is 9.59 Å². The van der Waals surface area contributed by atoms with Crippen molar-refractivity contribution in [1.82, 2.24) is 5.32 Å². The Morgan fingerprint density at radius 1 is 1.19 bits per heavy atom. The minimum atomic E-state index is -0.301. The Balaban J connectivity index is 2.22. The number of aryl methyl sites for hydroxylation is 1. The third-order valence-corrected chi connectivity index (χ3v) is 3.10. The number of amides is 1. The van der Waals surface area contributed by atoms with Crippen LogP contribution in [0.1, 0.15) is 30.9 Å². The number of carbonyl (C=O) groups is 2. The summed E-state index contributed by atoms with van der Waals surface area (Å²) in [7, 11) is 0. The summed E-state index contributed by atoms with van der Waals surface area (Å²) in [5, 5.41) is 2.66. The molecule has 116 valence electrons. The fraction of sp³-hybridized carbons (Fsp3) is 0.500. The van der Waals surface area contributed by atoms with Gasteiger partial charge in [0.25, 0.3) is 0 Å². The van der Waals surface area contributed by atoms with Gasteiger partial charge >= 0.3 is 5.97 Å². The lowest BCUT2D eigenvalue weighted by atomic mass is 10.1. The van der Waals surface area contributed by atoms with E-state index in [1.807, 2.05) is 32.0 Å². The predicted molar refractivity (Wildman–Crippen MR) is 80.3 cm³/mol. The largest absolute Gasteiger partial charge is 0.493 e. The highest BCUT2D eigenvalue weighted by Crippen LogP contribution is 2.20. The summed E-state index contributed by atoms with van der Waals surface area (Å²) in [6, 6.07) is 5.84. The van der Waals surface area contributed by atoms with Crippen molar-refractivity contribution < 1.29 is 19.1 Å². The molecule has 1 aromatic carbocycles. The van der Waals surface area contributed by atoms with Crippen LogP contribution in [-0.2, 0) is 14.3 Å². The zero-order chi connectivity index (χ0) is 15.7. The standard InChI is InChI=1S/C16H23NO4/c1-4-20-16(19)8-10-17-15(18)9-11-21-14-7-5-6-12(2)13(14)3/h5-7H,4,8-11H2,1-3H3,(H,17,18). The molecule has 0 atom stereocenters. The second-order valence-electron chi connectivity index (χ2n) is 4.70. The third kappa shape index (κ3) is 6.29. The van der Waals surface area contributed by atoms with Crippen LogP contribution in [0.25, 0.3) is 0 Å². The van der Waals surface area contributed by atoms with Gasteiger partial charge in [0.2, 0.25) is 5.91 Å². The molecule has 1 amide bonds. The van der Waals surface area contributed by atoms with Gasteiger partial charge in [-0.05, 0) is 38.0 Å². The van der Waals surface area contributed by atoms with E-state index in [-0.39, 0.29) is 24.7 Å². The van der Waals surface area contributed by atoms with Crippen LogP contribution in [-0.4, -0.2) is 31.6 Å². The molecule has 0 unspecified atom stereocenters. The van der Waals surface area contributed by atoms with Gasteiger partial charge in [0.05, 0.1) is 26.1 Å². The minimum Gasteiger partial charge on any atom is -0.493 e. The molecule has 0 bridgehead atoms. The van der Waals surface area contributed by atoms with E-state index in [0.717, 1.165) is 16.9 Å². The molecule has 0 aromatic heterocycles. The van der Waals surface area contributed by atoms with Crippen molar-refractivity contribution >= 4 is 11.9 Å². The predicted octanol–water partition coefficient (Wildman–Crippen LogP) is 2.14. The van der Waals surface area contributed by atoms with Gasteiger partial charge in [0.1, 0.15) is 5.75 Å². The third-order valence-electron chi connectivity index (χ3n) is 3.10. The van der Waals surface area contributed by atoms with Crippen LogP contribution < -0.4 is 10.1 Å². The Hall–Kier alpha value is -2.04. The van der Waals surface area contributed by atoms with Gasteiger partial charge in [-0.25, -0.2) is 0 Å². The molecule has 1 N–H and O–H groups in total. The van der Waals surface area contributed by atoms with Crippen molar-refractivity contribution in [1.29, 1.82) is 0 Å². The molecule has 0 heterocycles. The Labute approximate surface area is 125 Å². The molecule has 0 radical (unpaired) electrons. The summed E-state index contributed by atoms with van der Waals surface area (Å²) in [5.74, 6) is 0.364. The summed E-state index contributed by atoms with van der Waals surface area (Å²) < 4.78 is 10.4. The molecule has 0 saturated heterocycles. The molecule has 0 saturated carbocycles. The number of nitrogens with one attached hydrogen (secondary N) is 1. The average molecular weight is 293 g/mol. The normalized spacial score (nSPS) is 10.0. The monoisotopic (exact) mass is 293 g/mol. The lowest BCUT2D eigenvalue weighted by Gasteiger charge is -2.10. The highest BCUT2D eigenvalue weighted by Gasteiger charge is 2.06. The number of carbonyl (C=O) groups excluding carboxylic acids is 2. The summed E-state index contributed by atoms with van der Waals surface area (Å²) in [5.41, 5.74) is 2.24. The van der Waals surface area contributed by atoms with Crippen LogP contribution in [0.3, 0.4) is 0 Å². The highest BCUT2D eigenvalue weighted by atomic mass is 16.5. The first-order valence-electron chi connectivity index (χ1n) is 7.16. The van der Waals surface area contributed by atoms with E-state index in [1.54, 1.807) is 6.92 Å². The lowest BCUT2D eigenvalue weighted by Crippen LogP contribution is -2.27. The molecule has 1 rings (SSSR count). The topological polar surface area (TPSA) is 64.6 Å². The minimum absolute atomic E-state index is 0.135. The number of ether oxygens (including phenoxy) is 2. The smallest absolute Gasteiger partial charge is 0.307 e. The number of hydrogen-bond acceptors (Lipinski definition) is 4. The van der Waals surface area contributed by atoms with Crippen molar-refractivity contribution in [3.63, 3.8) is 0 Å². The van der Waals surface area contributed by atoms with Crippen LogP contribution in [0.5, 0.6) is 5.75 Å². The molecular weight excluding hydrogens is 270 g/mol. The molecule has 5 heteroatoms. The molecule has 21 heavy (non-hydrogen) atoms. The van der Waals surface area contributed by atoms with E-state index in [2.05, 4.69) is 5.32 Å². The molecule has 0 aliphatic heterocycles. The molecule has 0 spiro atoms. The average Bonchev–Trinajstić information content (AvgIpc) is 2.44. The molecule has 5 nitrogen and oxygen atoms in total. The van der Waals surface area contributed by atoms with Gasteiger partial charge in [0, 0.05) is 6.54 Å². The fourth-order valence-electron chi connectivity index (χ4n) is 1.76. The van der Waals surface area contributed by atoms with Gasteiger partial charge in [-0.2, -0.15) is 0 Å². The zero-order valence-corrected chi connectivity index (χ0v) is 12.9. The van der Waals surface area contributed by atoms with Crippen molar-refractivity contribution in [3.8, 4) is 5.75 Å². The molecule has 0 fully saturated rings. The van der Waals surface area contributed by atoms with E-state index in [0.29, 0.717) is 19.8 Å². The number of benzene rings is 1. The van der Waals surface area contributed by atoms with Crippen molar-refractivity contribution in [3.05, 3.63) is 29.3 Å². The maximum atomic E-state index is 11.6. The summed E-state index contributed by atoms with van der Waals surface area (Å²) >= 11 is 0. The quantitative estimate of drug-likeness (QED) is 0.746. The van der Waals surface area contributed by atoms with Gasteiger partial charge in [-0.15, -0.1) is 0 Å². The van der Waals surface area contributed by atoms with Crippen molar-refractivity contribution in [2.45, 2.75) is 33.6 Å². The van der Waals surface area contributed by atoms with E-state index in [1.165, 1.54) is 0 Å². The van der Waals surface area contributed by atoms with Crippen LogP contribution in [0, 0.1) is 13.8 Å². The Morgan fingerprint density at radius 3 is 2.67 bits per heavy atom. The summed E-state index contributed by atoms with van der Waals surface area (Å²) in [6.07, 6.45) is 0.452. The Kier molecular flexibility index (Phi) is 7.29. The van der Waals surface area contributed by atoms with E-state index in [4.69, 9.17) is 9.47 Å². The van der Waals surface area contributed by atoms with E-state index >= 15 is 0 Å². The SMILES string of the molecule is CCOC(=O)CCNC(=O)CCOc1cccc(C)c1C. The fourth-order valence-corrected chi connectivity index (χ4v) is 1.76. The van der Waals surface area contributed by atoms with Crippen molar-refractivity contribution in [2.24, 2.45) is 0 Å². The van der Waals surface area contributed by atoms with Gasteiger partial charge < -0.3 is 14.8 Å². The van der Waals surface area contributed by atoms with Gasteiger partial charge in [-0.3, -0.25) is 9.59 Å². The van der Waals surface area contributed by atoms with Crippen LogP contribution in [0.2, 0.25) is 0 Å². The molecule has 1 aromatic rings.